The van der Waals surface area contributed by atoms with Crippen molar-refractivity contribution in [3.63, 3.8) is 0 Å². The summed E-state index contributed by atoms with van der Waals surface area (Å²) >= 11 is 1.64. The molecule has 2 aromatic rings. The van der Waals surface area contributed by atoms with Crippen molar-refractivity contribution in [3.8, 4) is 10.4 Å². The molecule has 0 saturated carbocycles. The molecule has 0 aliphatic carbocycles. The van der Waals surface area contributed by atoms with Gasteiger partial charge in [-0.05, 0) is 36.9 Å². The highest BCUT2D eigenvalue weighted by atomic mass is 32.1. The number of hydrogen-bond acceptors (Lipinski definition) is 3. The van der Waals surface area contributed by atoms with Crippen LogP contribution in [0.3, 0.4) is 0 Å². The van der Waals surface area contributed by atoms with Crippen molar-refractivity contribution in [1.82, 2.24) is 4.90 Å². The minimum atomic E-state index is -0.778. The number of carboxylic acids is 1. The van der Waals surface area contributed by atoms with Crippen molar-refractivity contribution in [3.05, 3.63) is 47.1 Å². The number of thiophene rings is 1. The predicted molar refractivity (Wildman–Crippen MR) is 82.8 cm³/mol. The Kier molecular flexibility index (Phi) is 5.09. The fourth-order valence-electron chi connectivity index (χ4n) is 2.11. The van der Waals surface area contributed by atoms with E-state index in [1.165, 1.54) is 12.1 Å². The molecule has 0 saturated heterocycles. The highest BCUT2D eigenvalue weighted by Crippen LogP contribution is 2.28. The molecular weight excluding hydrogens is 289 g/mol. The first-order chi connectivity index (χ1) is 9.95. The zero-order valence-corrected chi connectivity index (χ0v) is 12.9. The summed E-state index contributed by atoms with van der Waals surface area (Å²) < 4.78 is 12.9. The lowest BCUT2D eigenvalue weighted by Crippen LogP contribution is -2.27. The highest BCUT2D eigenvalue weighted by molar-refractivity contribution is 7.15. The van der Waals surface area contributed by atoms with Gasteiger partial charge in [-0.1, -0.05) is 19.1 Å². The van der Waals surface area contributed by atoms with Gasteiger partial charge < -0.3 is 10.0 Å². The Bertz CT molecular complexity index is 609. The number of aliphatic carboxylic acids is 1. The molecule has 0 fully saturated rings. The minimum Gasteiger partial charge on any atom is -0.481 e. The van der Waals surface area contributed by atoms with Crippen LogP contribution in [-0.2, 0) is 11.3 Å². The molecule has 1 aromatic carbocycles. The number of hydrogen-bond donors (Lipinski definition) is 1. The molecule has 0 aliphatic rings. The van der Waals surface area contributed by atoms with Crippen LogP contribution in [0.25, 0.3) is 10.4 Å². The Hall–Kier alpha value is -1.72. The van der Waals surface area contributed by atoms with Crippen LogP contribution in [0.4, 0.5) is 4.39 Å². The molecule has 112 valence electrons. The standard InChI is InChI=1S/C16H18FNO2S/c1-11(16(19)20)9-18(2)10-14-7-8-15(21-14)12-3-5-13(17)6-4-12/h3-8,11H,9-10H2,1-2H3,(H,19,20). The number of carboxylic acid groups (broad SMARTS) is 1. The summed E-state index contributed by atoms with van der Waals surface area (Å²) in [4.78, 5) is 15.1. The number of nitrogens with zero attached hydrogens (tertiary/aromatic N) is 1. The molecule has 0 aliphatic heterocycles. The average Bonchev–Trinajstić information content (AvgIpc) is 2.87. The summed E-state index contributed by atoms with van der Waals surface area (Å²) in [6.45, 7) is 2.93. The summed E-state index contributed by atoms with van der Waals surface area (Å²) in [7, 11) is 1.91. The van der Waals surface area contributed by atoms with Crippen LogP contribution >= 0.6 is 11.3 Å². The van der Waals surface area contributed by atoms with Gasteiger partial charge in [-0.25, -0.2) is 4.39 Å². The Morgan fingerprint density at radius 2 is 1.95 bits per heavy atom. The van der Waals surface area contributed by atoms with Crippen molar-refractivity contribution in [2.24, 2.45) is 5.92 Å². The zero-order chi connectivity index (χ0) is 15.4. The topological polar surface area (TPSA) is 40.5 Å². The van der Waals surface area contributed by atoms with Crippen LogP contribution in [0.1, 0.15) is 11.8 Å². The molecule has 5 heteroatoms. The second-order valence-electron chi connectivity index (χ2n) is 5.21. The van der Waals surface area contributed by atoms with Gasteiger partial charge in [0.25, 0.3) is 0 Å². The second-order valence-corrected chi connectivity index (χ2v) is 6.38. The third-order valence-electron chi connectivity index (χ3n) is 3.22. The molecule has 1 heterocycles. The average molecular weight is 307 g/mol. The lowest BCUT2D eigenvalue weighted by Gasteiger charge is -2.17. The number of rotatable bonds is 6. The normalized spacial score (nSPS) is 12.6. The Balaban J connectivity index is 2.00. The minimum absolute atomic E-state index is 0.238. The summed E-state index contributed by atoms with van der Waals surface area (Å²) in [5, 5.41) is 8.92. The largest absolute Gasteiger partial charge is 0.481 e. The first-order valence-corrected chi connectivity index (χ1v) is 7.53. The van der Waals surface area contributed by atoms with Crippen molar-refractivity contribution >= 4 is 17.3 Å². The van der Waals surface area contributed by atoms with Gasteiger partial charge in [0, 0.05) is 22.8 Å². The van der Waals surface area contributed by atoms with Gasteiger partial charge in [-0.3, -0.25) is 4.79 Å². The smallest absolute Gasteiger partial charge is 0.307 e. The van der Waals surface area contributed by atoms with E-state index in [4.69, 9.17) is 5.11 Å². The van der Waals surface area contributed by atoms with Gasteiger partial charge in [0.1, 0.15) is 5.82 Å². The molecular formula is C16H18FNO2S. The van der Waals surface area contributed by atoms with Crippen LogP contribution in [0.5, 0.6) is 0 Å². The van der Waals surface area contributed by atoms with Gasteiger partial charge in [0.15, 0.2) is 0 Å². The van der Waals surface area contributed by atoms with E-state index in [-0.39, 0.29) is 11.7 Å². The SMILES string of the molecule is CC(CN(C)Cc1ccc(-c2ccc(F)cc2)s1)C(=O)O. The van der Waals surface area contributed by atoms with Crippen molar-refractivity contribution < 1.29 is 14.3 Å². The molecule has 1 atom stereocenters. The van der Waals surface area contributed by atoms with E-state index in [2.05, 4.69) is 0 Å². The van der Waals surface area contributed by atoms with Gasteiger partial charge in [0.2, 0.25) is 0 Å². The first-order valence-electron chi connectivity index (χ1n) is 6.71. The van der Waals surface area contributed by atoms with E-state index in [9.17, 15) is 9.18 Å². The summed E-state index contributed by atoms with van der Waals surface area (Å²) in [6.07, 6.45) is 0. The monoisotopic (exact) mass is 307 g/mol. The Morgan fingerprint density at radius 1 is 1.29 bits per heavy atom. The van der Waals surface area contributed by atoms with Crippen molar-refractivity contribution in [1.29, 1.82) is 0 Å². The van der Waals surface area contributed by atoms with Crippen LogP contribution in [0.2, 0.25) is 0 Å². The van der Waals surface area contributed by atoms with E-state index in [0.29, 0.717) is 13.1 Å². The van der Waals surface area contributed by atoms with Gasteiger partial charge in [0.05, 0.1) is 5.92 Å². The molecule has 1 aromatic heterocycles. The molecule has 0 radical (unpaired) electrons. The number of carbonyl (C=O) groups is 1. The lowest BCUT2D eigenvalue weighted by atomic mass is 10.2. The van der Waals surface area contributed by atoms with Crippen LogP contribution in [0, 0.1) is 11.7 Å². The summed E-state index contributed by atoms with van der Waals surface area (Å²) in [5.41, 5.74) is 0.995. The molecule has 0 amide bonds. The molecule has 21 heavy (non-hydrogen) atoms. The molecule has 2 rings (SSSR count). The molecule has 0 spiro atoms. The fraction of sp³-hybridized carbons (Fsp3) is 0.312. The third kappa shape index (κ3) is 4.37. The maximum Gasteiger partial charge on any atom is 0.307 e. The Morgan fingerprint density at radius 3 is 2.57 bits per heavy atom. The lowest BCUT2D eigenvalue weighted by molar-refractivity contribution is -0.141. The van der Waals surface area contributed by atoms with Crippen molar-refractivity contribution in [2.75, 3.05) is 13.6 Å². The Labute approximate surface area is 127 Å². The maximum absolute atomic E-state index is 12.9. The summed E-state index contributed by atoms with van der Waals surface area (Å²) in [5.74, 6) is -1.40. The van der Waals surface area contributed by atoms with Gasteiger partial charge in [-0.2, -0.15) is 0 Å². The maximum atomic E-state index is 12.9. The first kappa shape index (κ1) is 15.7. The quantitative estimate of drug-likeness (QED) is 0.884. The molecule has 0 bridgehead atoms. The molecule has 1 N–H and O–H groups in total. The van der Waals surface area contributed by atoms with Crippen LogP contribution in [-0.4, -0.2) is 29.6 Å². The second kappa shape index (κ2) is 6.83. The summed E-state index contributed by atoms with van der Waals surface area (Å²) in [6, 6.07) is 10.5. The predicted octanol–water partition coefficient (Wildman–Crippen LogP) is 3.71. The molecule has 3 nitrogen and oxygen atoms in total. The third-order valence-corrected chi connectivity index (χ3v) is 4.34. The number of benzene rings is 1. The van der Waals surface area contributed by atoms with Crippen LogP contribution < -0.4 is 0 Å². The van der Waals surface area contributed by atoms with E-state index in [1.54, 1.807) is 30.4 Å². The van der Waals surface area contributed by atoms with E-state index >= 15 is 0 Å². The van der Waals surface area contributed by atoms with Crippen molar-refractivity contribution in [2.45, 2.75) is 13.5 Å². The zero-order valence-electron chi connectivity index (χ0n) is 12.0. The molecule has 1 unspecified atom stereocenters. The fourth-order valence-corrected chi connectivity index (χ4v) is 3.20. The number of halogens is 1. The van der Waals surface area contributed by atoms with E-state index in [0.717, 1.165) is 15.3 Å². The van der Waals surface area contributed by atoms with Crippen LogP contribution in [0.15, 0.2) is 36.4 Å². The van der Waals surface area contributed by atoms with Gasteiger partial charge in [-0.15, -0.1) is 11.3 Å². The van der Waals surface area contributed by atoms with E-state index in [1.807, 2.05) is 24.1 Å². The van der Waals surface area contributed by atoms with E-state index < -0.39 is 5.97 Å². The highest BCUT2D eigenvalue weighted by Gasteiger charge is 2.14. The van der Waals surface area contributed by atoms with Gasteiger partial charge >= 0.3 is 5.97 Å².